The molecule has 0 spiro atoms. The van der Waals surface area contributed by atoms with Gasteiger partial charge in [0.15, 0.2) is 0 Å². The van der Waals surface area contributed by atoms with Crippen LogP contribution < -0.4 is 10.6 Å². The largest absolute Gasteiger partial charge is 0.383 e. The molecule has 0 aliphatic rings. The molecule has 122 valence electrons. The Morgan fingerprint density at radius 2 is 1.48 bits per heavy atom. The van der Waals surface area contributed by atoms with Crippen LogP contribution in [0.3, 0.4) is 0 Å². The number of hydrogen-bond acceptors (Lipinski definition) is 4. The van der Waals surface area contributed by atoms with Crippen LogP contribution in [-0.4, -0.2) is 24.9 Å². The third kappa shape index (κ3) is 4.80. The van der Waals surface area contributed by atoms with Crippen molar-refractivity contribution in [3.63, 3.8) is 0 Å². The number of carbonyl (C=O) groups excluding carboxylic acids is 1. The molecule has 0 aliphatic heterocycles. The Bertz CT molecular complexity index is 782. The van der Waals surface area contributed by atoms with E-state index in [4.69, 9.17) is 4.55 Å². The van der Waals surface area contributed by atoms with Crippen molar-refractivity contribution in [1.29, 1.82) is 0 Å². The van der Waals surface area contributed by atoms with Crippen LogP contribution in [0.25, 0.3) is 0 Å². The molecule has 0 bridgehead atoms. The van der Waals surface area contributed by atoms with Gasteiger partial charge in [0.25, 0.3) is 16.0 Å². The van der Waals surface area contributed by atoms with Crippen molar-refractivity contribution in [1.82, 2.24) is 0 Å². The van der Waals surface area contributed by atoms with E-state index in [1.807, 2.05) is 26.0 Å². The first kappa shape index (κ1) is 17.0. The highest BCUT2D eigenvalue weighted by Gasteiger charge is 2.10. The Morgan fingerprint density at radius 3 is 1.96 bits per heavy atom. The molecule has 0 fully saturated rings. The molecule has 0 aliphatic carbocycles. The number of amides is 1. The summed E-state index contributed by atoms with van der Waals surface area (Å²) in [5.41, 5.74) is 1.85. The van der Waals surface area contributed by atoms with Gasteiger partial charge in [-0.3, -0.25) is 9.35 Å². The van der Waals surface area contributed by atoms with E-state index in [1.165, 1.54) is 24.3 Å². The Morgan fingerprint density at radius 1 is 0.957 bits per heavy atom. The second-order valence-electron chi connectivity index (χ2n) is 5.33. The maximum absolute atomic E-state index is 12.1. The summed E-state index contributed by atoms with van der Waals surface area (Å²) in [6, 6.07) is 12.6. The minimum Gasteiger partial charge on any atom is -0.383 e. The fourth-order valence-corrected chi connectivity index (χ4v) is 2.44. The molecule has 0 radical (unpaired) electrons. The summed E-state index contributed by atoms with van der Waals surface area (Å²) in [5.74, 6) is -0.305. The number of hydrogen-bond donors (Lipinski definition) is 3. The zero-order chi connectivity index (χ0) is 17.0. The lowest BCUT2D eigenvalue weighted by Crippen LogP contribution is -2.13. The van der Waals surface area contributed by atoms with Gasteiger partial charge in [0.05, 0.1) is 4.90 Å². The normalized spacial score (nSPS) is 11.3. The van der Waals surface area contributed by atoms with E-state index in [9.17, 15) is 13.2 Å². The highest BCUT2D eigenvalue weighted by atomic mass is 32.2. The van der Waals surface area contributed by atoms with Gasteiger partial charge in [0.1, 0.15) is 0 Å². The van der Waals surface area contributed by atoms with E-state index in [2.05, 4.69) is 10.6 Å². The van der Waals surface area contributed by atoms with Crippen LogP contribution in [0.5, 0.6) is 0 Å². The fraction of sp³-hybridized carbons (Fsp3) is 0.188. The number of nitrogens with one attached hydrogen (secondary N) is 2. The van der Waals surface area contributed by atoms with E-state index in [1.54, 1.807) is 12.1 Å². The van der Waals surface area contributed by atoms with Gasteiger partial charge < -0.3 is 10.6 Å². The molecular weight excluding hydrogens is 316 g/mol. The molecule has 23 heavy (non-hydrogen) atoms. The molecule has 0 aromatic heterocycles. The zero-order valence-electron chi connectivity index (χ0n) is 12.8. The molecule has 6 nitrogen and oxygen atoms in total. The molecule has 0 saturated carbocycles. The van der Waals surface area contributed by atoms with Gasteiger partial charge in [-0.1, -0.05) is 0 Å². The smallest absolute Gasteiger partial charge is 0.294 e. The first-order chi connectivity index (χ1) is 10.8. The minimum atomic E-state index is -4.23. The van der Waals surface area contributed by atoms with Gasteiger partial charge in [-0.25, -0.2) is 0 Å². The van der Waals surface area contributed by atoms with Gasteiger partial charge in [0, 0.05) is 23.0 Å². The van der Waals surface area contributed by atoms with E-state index in [-0.39, 0.29) is 10.8 Å². The molecule has 2 rings (SSSR count). The van der Waals surface area contributed by atoms with Crippen molar-refractivity contribution in [3.8, 4) is 0 Å². The maximum atomic E-state index is 12.1. The van der Waals surface area contributed by atoms with Gasteiger partial charge in [-0.15, -0.1) is 0 Å². The lowest BCUT2D eigenvalue weighted by molar-refractivity contribution is 0.102. The predicted octanol–water partition coefficient (Wildman–Crippen LogP) is 3.01. The second-order valence-corrected chi connectivity index (χ2v) is 6.75. The molecule has 2 aromatic rings. The highest BCUT2D eigenvalue weighted by molar-refractivity contribution is 7.85. The van der Waals surface area contributed by atoms with Gasteiger partial charge in [0.2, 0.25) is 0 Å². The molecule has 0 atom stereocenters. The zero-order valence-corrected chi connectivity index (χ0v) is 13.6. The Labute approximate surface area is 135 Å². The third-order valence-corrected chi connectivity index (χ3v) is 3.88. The van der Waals surface area contributed by atoms with Crippen molar-refractivity contribution in [2.24, 2.45) is 0 Å². The molecule has 1 amide bonds. The average Bonchev–Trinajstić information content (AvgIpc) is 2.47. The van der Waals surface area contributed by atoms with Gasteiger partial charge >= 0.3 is 0 Å². The standard InChI is InChI=1S/C16H18N2O4S/c1-11(2)17-13-5-3-12(4-6-13)16(19)18-14-7-9-15(10-8-14)23(20,21)22/h3-11,17H,1-2H3,(H,18,19)(H,20,21,22). The Kier molecular flexibility index (Phi) is 5.02. The summed E-state index contributed by atoms with van der Waals surface area (Å²) in [4.78, 5) is 11.9. The molecule has 0 unspecified atom stereocenters. The first-order valence-electron chi connectivity index (χ1n) is 7.01. The SMILES string of the molecule is CC(C)Nc1ccc(C(=O)Nc2ccc(S(=O)(=O)O)cc2)cc1. The molecule has 0 heterocycles. The van der Waals surface area contributed by atoms with Crippen molar-refractivity contribution in [3.05, 3.63) is 54.1 Å². The molecule has 3 N–H and O–H groups in total. The summed E-state index contributed by atoms with van der Waals surface area (Å²) < 4.78 is 30.8. The van der Waals surface area contributed by atoms with Crippen molar-refractivity contribution in [2.75, 3.05) is 10.6 Å². The summed E-state index contributed by atoms with van der Waals surface area (Å²) in [6.45, 7) is 4.05. The number of anilines is 2. The third-order valence-electron chi connectivity index (χ3n) is 3.01. The molecular formula is C16H18N2O4S. The lowest BCUT2D eigenvalue weighted by atomic mass is 10.2. The van der Waals surface area contributed by atoms with Crippen LogP contribution in [0.15, 0.2) is 53.4 Å². The topological polar surface area (TPSA) is 95.5 Å². The van der Waals surface area contributed by atoms with E-state index in [0.29, 0.717) is 17.3 Å². The van der Waals surface area contributed by atoms with E-state index < -0.39 is 10.1 Å². The predicted molar refractivity (Wildman–Crippen MR) is 89.4 cm³/mol. The van der Waals surface area contributed by atoms with Gasteiger partial charge in [-0.05, 0) is 62.4 Å². The summed E-state index contributed by atoms with van der Waals surface area (Å²) >= 11 is 0. The first-order valence-corrected chi connectivity index (χ1v) is 8.45. The summed E-state index contributed by atoms with van der Waals surface area (Å²) in [6.07, 6.45) is 0. The minimum absolute atomic E-state index is 0.223. The Balaban J connectivity index is 2.07. The second kappa shape index (κ2) is 6.80. The molecule has 2 aromatic carbocycles. The highest BCUT2D eigenvalue weighted by Crippen LogP contribution is 2.16. The average molecular weight is 334 g/mol. The lowest BCUT2D eigenvalue weighted by Gasteiger charge is -2.10. The van der Waals surface area contributed by atoms with Crippen molar-refractivity contribution in [2.45, 2.75) is 24.8 Å². The molecule has 7 heteroatoms. The summed E-state index contributed by atoms with van der Waals surface area (Å²) in [5, 5.41) is 5.89. The number of rotatable bonds is 5. The van der Waals surface area contributed by atoms with Crippen molar-refractivity contribution < 1.29 is 17.8 Å². The van der Waals surface area contributed by atoms with Crippen LogP contribution in [-0.2, 0) is 10.1 Å². The van der Waals surface area contributed by atoms with Crippen molar-refractivity contribution >= 4 is 27.4 Å². The fourth-order valence-electron chi connectivity index (χ4n) is 1.96. The van der Waals surface area contributed by atoms with E-state index >= 15 is 0 Å². The maximum Gasteiger partial charge on any atom is 0.294 e. The van der Waals surface area contributed by atoms with Crippen LogP contribution in [0.4, 0.5) is 11.4 Å². The monoisotopic (exact) mass is 334 g/mol. The molecule has 0 saturated heterocycles. The Hall–Kier alpha value is -2.38. The van der Waals surface area contributed by atoms with Crippen LogP contribution in [0.2, 0.25) is 0 Å². The van der Waals surface area contributed by atoms with E-state index in [0.717, 1.165) is 5.69 Å². The van der Waals surface area contributed by atoms with Crippen LogP contribution in [0.1, 0.15) is 24.2 Å². The van der Waals surface area contributed by atoms with Crippen LogP contribution in [0, 0.1) is 0 Å². The van der Waals surface area contributed by atoms with Crippen LogP contribution >= 0.6 is 0 Å². The number of benzene rings is 2. The van der Waals surface area contributed by atoms with Gasteiger partial charge in [-0.2, -0.15) is 8.42 Å². The quantitative estimate of drug-likeness (QED) is 0.731. The summed E-state index contributed by atoms with van der Waals surface area (Å²) in [7, 11) is -4.23. The number of carbonyl (C=O) groups is 1.